The molecular formula is C13H11N3S. The lowest BCUT2D eigenvalue weighted by molar-refractivity contribution is 1.26. The molecule has 0 amide bonds. The Balaban J connectivity index is 2.21. The Bertz CT molecular complexity index is 688. The van der Waals surface area contributed by atoms with Gasteiger partial charge < -0.3 is 5.73 Å². The van der Waals surface area contributed by atoms with Crippen molar-refractivity contribution in [3.8, 4) is 10.6 Å². The van der Waals surface area contributed by atoms with Crippen molar-refractivity contribution in [3.63, 3.8) is 0 Å². The molecule has 0 aliphatic rings. The zero-order chi connectivity index (χ0) is 11.8. The molecule has 0 aliphatic carbocycles. The third kappa shape index (κ3) is 1.76. The molecule has 0 unspecified atom stereocenters. The number of nitrogens with two attached hydrogens (primary N) is 1. The minimum absolute atomic E-state index is 0.590. The fraction of sp³-hybridized carbons (Fsp3) is 0.0769. The molecule has 0 saturated carbocycles. The van der Waals surface area contributed by atoms with Gasteiger partial charge in [-0.25, -0.2) is 9.97 Å². The quantitative estimate of drug-likeness (QED) is 0.711. The second-order valence-electron chi connectivity index (χ2n) is 3.86. The lowest BCUT2D eigenvalue weighted by Crippen LogP contribution is -1.85. The van der Waals surface area contributed by atoms with Crippen LogP contribution in [-0.2, 0) is 0 Å². The van der Waals surface area contributed by atoms with E-state index in [4.69, 9.17) is 5.73 Å². The van der Waals surface area contributed by atoms with E-state index < -0.39 is 0 Å². The van der Waals surface area contributed by atoms with Crippen molar-refractivity contribution in [1.82, 2.24) is 9.97 Å². The van der Waals surface area contributed by atoms with Crippen LogP contribution in [0.15, 0.2) is 36.4 Å². The molecular weight excluding hydrogens is 230 g/mol. The van der Waals surface area contributed by atoms with Crippen molar-refractivity contribution >= 4 is 27.4 Å². The minimum Gasteiger partial charge on any atom is -0.375 e. The van der Waals surface area contributed by atoms with E-state index in [2.05, 4.69) is 22.1 Å². The third-order valence-electron chi connectivity index (χ3n) is 2.64. The number of aryl methyl sites for hydroxylation is 1. The number of rotatable bonds is 1. The fourth-order valence-corrected chi connectivity index (χ4v) is 2.65. The number of aromatic nitrogens is 2. The number of thiazole rings is 1. The van der Waals surface area contributed by atoms with Crippen LogP contribution in [0.1, 0.15) is 5.69 Å². The highest BCUT2D eigenvalue weighted by atomic mass is 32.1. The van der Waals surface area contributed by atoms with Crippen LogP contribution >= 0.6 is 11.3 Å². The van der Waals surface area contributed by atoms with E-state index in [1.807, 2.05) is 31.2 Å². The Kier molecular flexibility index (Phi) is 2.30. The summed E-state index contributed by atoms with van der Waals surface area (Å²) >= 11 is 1.48. The molecule has 0 saturated heterocycles. The molecule has 0 atom stereocenters. The number of nitrogen functional groups attached to an aromatic ring is 1. The maximum absolute atomic E-state index is 5.71. The third-order valence-corrected chi connectivity index (χ3v) is 3.65. The van der Waals surface area contributed by atoms with Crippen LogP contribution < -0.4 is 5.73 Å². The summed E-state index contributed by atoms with van der Waals surface area (Å²) in [6.07, 6.45) is 0. The maximum Gasteiger partial charge on any atom is 0.180 e. The minimum atomic E-state index is 0.590. The summed E-state index contributed by atoms with van der Waals surface area (Å²) in [5.74, 6) is 0. The SMILES string of the molecule is Cc1nc(N)sc1-c1ccc2ccccc2n1. The summed E-state index contributed by atoms with van der Waals surface area (Å²) in [5, 5.41) is 1.74. The lowest BCUT2D eigenvalue weighted by Gasteiger charge is -2.01. The number of hydrogen-bond donors (Lipinski definition) is 1. The standard InChI is InChI=1S/C13H11N3S/c1-8-12(17-13(14)15-8)11-7-6-9-4-2-3-5-10(9)16-11/h2-7H,1H3,(H2,14,15). The Labute approximate surface area is 103 Å². The first-order chi connectivity index (χ1) is 8.24. The zero-order valence-electron chi connectivity index (χ0n) is 9.34. The van der Waals surface area contributed by atoms with E-state index in [-0.39, 0.29) is 0 Å². The van der Waals surface area contributed by atoms with Crippen LogP contribution in [-0.4, -0.2) is 9.97 Å². The highest BCUT2D eigenvalue weighted by Gasteiger charge is 2.09. The number of fused-ring (bicyclic) bond motifs is 1. The van der Waals surface area contributed by atoms with Gasteiger partial charge in [-0.1, -0.05) is 35.6 Å². The Morgan fingerprint density at radius 3 is 2.65 bits per heavy atom. The summed E-state index contributed by atoms with van der Waals surface area (Å²) in [7, 11) is 0. The van der Waals surface area contributed by atoms with Crippen molar-refractivity contribution in [1.29, 1.82) is 0 Å². The van der Waals surface area contributed by atoms with Crippen LogP contribution in [0, 0.1) is 6.92 Å². The first-order valence-corrected chi connectivity index (χ1v) is 6.15. The molecule has 17 heavy (non-hydrogen) atoms. The van der Waals surface area contributed by atoms with E-state index in [1.165, 1.54) is 11.3 Å². The molecule has 3 aromatic rings. The van der Waals surface area contributed by atoms with Gasteiger partial charge in [0, 0.05) is 5.39 Å². The molecule has 4 heteroatoms. The summed E-state index contributed by atoms with van der Waals surface area (Å²) in [6.45, 7) is 1.96. The largest absolute Gasteiger partial charge is 0.375 e. The van der Waals surface area contributed by atoms with Crippen molar-refractivity contribution in [2.75, 3.05) is 5.73 Å². The molecule has 2 heterocycles. The van der Waals surface area contributed by atoms with Gasteiger partial charge in [-0.05, 0) is 19.1 Å². The van der Waals surface area contributed by atoms with Crippen LogP contribution in [0.5, 0.6) is 0 Å². The highest BCUT2D eigenvalue weighted by molar-refractivity contribution is 7.18. The van der Waals surface area contributed by atoms with E-state index >= 15 is 0 Å². The number of benzene rings is 1. The zero-order valence-corrected chi connectivity index (χ0v) is 10.2. The first kappa shape index (κ1) is 10.2. The van der Waals surface area contributed by atoms with Crippen LogP contribution in [0.3, 0.4) is 0 Å². The fourth-order valence-electron chi connectivity index (χ4n) is 1.85. The van der Waals surface area contributed by atoms with Gasteiger partial charge in [0.2, 0.25) is 0 Å². The maximum atomic E-state index is 5.71. The Hall–Kier alpha value is -1.94. The predicted octanol–water partition coefficient (Wildman–Crippen LogP) is 3.25. The molecule has 2 N–H and O–H groups in total. The normalized spacial score (nSPS) is 10.9. The van der Waals surface area contributed by atoms with E-state index in [9.17, 15) is 0 Å². The second kappa shape index (κ2) is 3.82. The second-order valence-corrected chi connectivity index (χ2v) is 4.89. The smallest absolute Gasteiger partial charge is 0.180 e. The van der Waals surface area contributed by atoms with Crippen molar-refractivity contribution < 1.29 is 0 Å². The molecule has 0 radical (unpaired) electrons. The Morgan fingerprint density at radius 2 is 1.88 bits per heavy atom. The summed E-state index contributed by atoms with van der Waals surface area (Å²) < 4.78 is 0. The van der Waals surface area contributed by atoms with Gasteiger partial charge in [0.05, 0.1) is 21.8 Å². The van der Waals surface area contributed by atoms with Gasteiger partial charge in [0.15, 0.2) is 5.13 Å². The van der Waals surface area contributed by atoms with Gasteiger partial charge in [-0.15, -0.1) is 0 Å². The van der Waals surface area contributed by atoms with Crippen molar-refractivity contribution in [2.24, 2.45) is 0 Å². The number of pyridine rings is 1. The first-order valence-electron chi connectivity index (χ1n) is 5.33. The summed E-state index contributed by atoms with van der Waals surface area (Å²) in [6, 6.07) is 12.2. The molecule has 2 aromatic heterocycles. The van der Waals surface area contributed by atoms with E-state index in [1.54, 1.807) is 0 Å². The average Bonchev–Trinajstić information content (AvgIpc) is 2.68. The summed E-state index contributed by atoms with van der Waals surface area (Å²) in [5.41, 5.74) is 8.59. The highest BCUT2D eigenvalue weighted by Crippen LogP contribution is 2.30. The topological polar surface area (TPSA) is 51.8 Å². The van der Waals surface area contributed by atoms with Gasteiger partial charge in [0.25, 0.3) is 0 Å². The molecule has 3 nitrogen and oxygen atoms in total. The molecule has 0 bridgehead atoms. The van der Waals surface area contributed by atoms with Crippen LogP contribution in [0.2, 0.25) is 0 Å². The monoisotopic (exact) mass is 241 g/mol. The molecule has 0 fully saturated rings. The number of nitrogens with zero attached hydrogens (tertiary/aromatic N) is 2. The van der Waals surface area contributed by atoms with Crippen molar-refractivity contribution in [3.05, 3.63) is 42.1 Å². The van der Waals surface area contributed by atoms with E-state index in [0.717, 1.165) is 27.2 Å². The molecule has 0 spiro atoms. The van der Waals surface area contributed by atoms with Gasteiger partial charge >= 0.3 is 0 Å². The van der Waals surface area contributed by atoms with Gasteiger partial charge in [-0.3, -0.25) is 0 Å². The lowest BCUT2D eigenvalue weighted by atomic mass is 10.2. The van der Waals surface area contributed by atoms with Crippen LogP contribution in [0.4, 0.5) is 5.13 Å². The number of anilines is 1. The van der Waals surface area contributed by atoms with Crippen molar-refractivity contribution in [2.45, 2.75) is 6.92 Å². The Morgan fingerprint density at radius 1 is 1.06 bits per heavy atom. The van der Waals surface area contributed by atoms with E-state index in [0.29, 0.717) is 5.13 Å². The summed E-state index contributed by atoms with van der Waals surface area (Å²) in [4.78, 5) is 9.91. The van der Waals surface area contributed by atoms with Gasteiger partial charge in [-0.2, -0.15) is 0 Å². The van der Waals surface area contributed by atoms with Crippen LogP contribution in [0.25, 0.3) is 21.5 Å². The number of para-hydroxylation sites is 1. The molecule has 3 rings (SSSR count). The number of hydrogen-bond acceptors (Lipinski definition) is 4. The predicted molar refractivity (Wildman–Crippen MR) is 72.0 cm³/mol. The average molecular weight is 241 g/mol. The molecule has 1 aromatic carbocycles. The molecule has 0 aliphatic heterocycles. The van der Waals surface area contributed by atoms with Gasteiger partial charge in [0.1, 0.15) is 0 Å². The molecule has 84 valence electrons.